The number of imidazole rings is 1. The molecule has 0 aromatic carbocycles. The van der Waals surface area contributed by atoms with Crippen LogP contribution in [0.1, 0.15) is 18.2 Å². The summed E-state index contributed by atoms with van der Waals surface area (Å²) in [7, 11) is 0. The number of pyridine rings is 1. The zero-order valence-electron chi connectivity index (χ0n) is 12.4. The predicted octanol–water partition coefficient (Wildman–Crippen LogP) is 4.23. The Hall–Kier alpha value is -2.09. The maximum atomic E-state index is 13.0. The van der Waals surface area contributed by atoms with Crippen LogP contribution in [0.2, 0.25) is 0 Å². The summed E-state index contributed by atoms with van der Waals surface area (Å²) in [4.78, 5) is 12.7. The van der Waals surface area contributed by atoms with Crippen LogP contribution in [0.4, 0.5) is 13.2 Å². The lowest BCUT2D eigenvalue weighted by Crippen LogP contribution is -2.06. The number of hydrogen-bond donors (Lipinski definition) is 0. The fourth-order valence-corrected chi connectivity index (χ4v) is 3.06. The second kappa shape index (κ2) is 5.84. The van der Waals surface area contributed by atoms with Crippen LogP contribution in [0.15, 0.2) is 35.7 Å². The van der Waals surface area contributed by atoms with E-state index in [1.54, 1.807) is 6.07 Å². The van der Waals surface area contributed by atoms with Crippen molar-refractivity contribution in [3.63, 3.8) is 0 Å². The van der Waals surface area contributed by atoms with Gasteiger partial charge in [0.2, 0.25) is 0 Å². The van der Waals surface area contributed by atoms with Crippen LogP contribution in [0.3, 0.4) is 0 Å². The van der Waals surface area contributed by atoms with Gasteiger partial charge in [0, 0.05) is 11.9 Å². The van der Waals surface area contributed by atoms with Crippen LogP contribution >= 0.6 is 11.8 Å². The molecule has 0 amide bonds. The molecule has 0 saturated carbocycles. The van der Waals surface area contributed by atoms with Gasteiger partial charge in [0.05, 0.1) is 11.3 Å². The predicted molar refractivity (Wildman–Crippen MR) is 82.4 cm³/mol. The highest BCUT2D eigenvalue weighted by molar-refractivity contribution is 7.99. The first-order chi connectivity index (χ1) is 10.9. The highest BCUT2D eigenvalue weighted by atomic mass is 32.2. The molecule has 0 radical (unpaired) electrons. The van der Waals surface area contributed by atoms with Crippen LogP contribution < -0.4 is 0 Å². The van der Waals surface area contributed by atoms with E-state index in [9.17, 15) is 13.2 Å². The number of aromatic nitrogens is 4. The molecule has 0 aliphatic carbocycles. The molecule has 3 heterocycles. The van der Waals surface area contributed by atoms with Crippen LogP contribution in [0.25, 0.3) is 17.0 Å². The lowest BCUT2D eigenvalue weighted by Gasteiger charge is -2.08. The second-order valence-electron chi connectivity index (χ2n) is 4.89. The van der Waals surface area contributed by atoms with Crippen molar-refractivity contribution in [1.29, 1.82) is 0 Å². The van der Waals surface area contributed by atoms with Gasteiger partial charge in [0.1, 0.15) is 22.7 Å². The molecule has 0 aliphatic heterocycles. The maximum absolute atomic E-state index is 13.0. The number of rotatable bonds is 3. The van der Waals surface area contributed by atoms with Crippen LogP contribution in [0, 0.1) is 6.92 Å². The van der Waals surface area contributed by atoms with Gasteiger partial charge >= 0.3 is 6.18 Å². The van der Waals surface area contributed by atoms with Gasteiger partial charge in [-0.15, -0.1) is 11.8 Å². The SMILES string of the molecule is CCSc1c(-c2cc(C)ncn2)nc2ccc(C(F)(F)F)cn12. The van der Waals surface area contributed by atoms with E-state index in [1.807, 2.05) is 13.8 Å². The summed E-state index contributed by atoms with van der Waals surface area (Å²) in [5.41, 5.74) is 1.70. The van der Waals surface area contributed by atoms with Crippen LogP contribution in [-0.4, -0.2) is 25.1 Å². The molecule has 0 unspecified atom stereocenters. The van der Waals surface area contributed by atoms with Crippen molar-refractivity contribution in [2.45, 2.75) is 25.0 Å². The Bertz CT molecular complexity index is 858. The lowest BCUT2D eigenvalue weighted by atomic mass is 10.3. The Balaban J connectivity index is 2.24. The third-order valence-corrected chi connectivity index (χ3v) is 4.18. The third kappa shape index (κ3) is 3.03. The fourth-order valence-electron chi connectivity index (χ4n) is 2.22. The number of thioether (sulfide) groups is 1. The van der Waals surface area contributed by atoms with Gasteiger partial charge in [-0.25, -0.2) is 15.0 Å². The summed E-state index contributed by atoms with van der Waals surface area (Å²) in [6.45, 7) is 3.77. The van der Waals surface area contributed by atoms with E-state index < -0.39 is 11.7 Å². The van der Waals surface area contributed by atoms with Crippen molar-refractivity contribution in [1.82, 2.24) is 19.4 Å². The topological polar surface area (TPSA) is 43.1 Å². The first-order valence-electron chi connectivity index (χ1n) is 6.91. The summed E-state index contributed by atoms with van der Waals surface area (Å²) in [6, 6.07) is 4.18. The van der Waals surface area contributed by atoms with Gasteiger partial charge in [0.25, 0.3) is 0 Å². The highest BCUT2D eigenvalue weighted by Crippen LogP contribution is 2.34. The Labute approximate surface area is 134 Å². The summed E-state index contributed by atoms with van der Waals surface area (Å²) >= 11 is 1.43. The molecule has 0 bridgehead atoms. The molecule has 23 heavy (non-hydrogen) atoms. The van der Waals surface area contributed by atoms with Gasteiger partial charge in [-0.05, 0) is 30.9 Å². The zero-order chi connectivity index (χ0) is 16.6. The lowest BCUT2D eigenvalue weighted by molar-refractivity contribution is -0.137. The number of fused-ring (bicyclic) bond motifs is 1. The van der Waals surface area contributed by atoms with Gasteiger partial charge in [-0.3, -0.25) is 4.40 Å². The molecule has 120 valence electrons. The van der Waals surface area contributed by atoms with Crippen molar-refractivity contribution in [3.05, 3.63) is 42.0 Å². The average molecular weight is 338 g/mol. The molecule has 3 aromatic rings. The van der Waals surface area contributed by atoms with Gasteiger partial charge in [-0.2, -0.15) is 13.2 Å². The Morgan fingerprint density at radius 3 is 2.65 bits per heavy atom. The molecule has 0 spiro atoms. The molecule has 0 saturated heterocycles. The summed E-state index contributed by atoms with van der Waals surface area (Å²) < 4.78 is 40.3. The van der Waals surface area contributed by atoms with Gasteiger partial charge in [-0.1, -0.05) is 6.92 Å². The largest absolute Gasteiger partial charge is 0.417 e. The molecule has 4 nitrogen and oxygen atoms in total. The Morgan fingerprint density at radius 2 is 2.00 bits per heavy atom. The average Bonchev–Trinajstić information content (AvgIpc) is 2.85. The Kier molecular flexibility index (Phi) is 4.01. The number of alkyl halides is 3. The molecule has 0 fully saturated rings. The standard InChI is InChI=1S/C15H13F3N4S/c1-3-23-14-13(11-6-9(2)19-8-20-11)21-12-5-4-10(7-22(12)14)15(16,17)18/h4-8H,3H2,1-2H3. The molecule has 0 atom stereocenters. The van der Waals surface area contributed by atoms with E-state index in [0.717, 1.165) is 18.0 Å². The van der Waals surface area contributed by atoms with Gasteiger partial charge in [0.15, 0.2) is 0 Å². The minimum absolute atomic E-state index is 0.459. The second-order valence-corrected chi connectivity index (χ2v) is 6.14. The zero-order valence-corrected chi connectivity index (χ0v) is 13.2. The van der Waals surface area contributed by atoms with E-state index in [-0.39, 0.29) is 0 Å². The summed E-state index contributed by atoms with van der Waals surface area (Å²) in [5, 5.41) is 0.645. The maximum Gasteiger partial charge on any atom is 0.417 e. The normalized spacial score (nSPS) is 12.0. The molecule has 3 rings (SSSR count). The van der Waals surface area contributed by atoms with Crippen molar-refractivity contribution < 1.29 is 13.2 Å². The Morgan fingerprint density at radius 1 is 1.22 bits per heavy atom. The van der Waals surface area contributed by atoms with E-state index in [2.05, 4.69) is 15.0 Å². The molecular formula is C15H13F3N4S. The van der Waals surface area contributed by atoms with Gasteiger partial charge < -0.3 is 0 Å². The minimum Gasteiger partial charge on any atom is -0.293 e. The summed E-state index contributed by atoms with van der Waals surface area (Å²) in [5.74, 6) is 0.709. The number of nitrogens with zero attached hydrogens (tertiary/aromatic N) is 4. The first-order valence-corrected chi connectivity index (χ1v) is 7.90. The van der Waals surface area contributed by atoms with Crippen molar-refractivity contribution in [3.8, 4) is 11.4 Å². The first kappa shape index (κ1) is 15.8. The smallest absolute Gasteiger partial charge is 0.293 e. The number of aryl methyl sites for hydroxylation is 1. The highest BCUT2D eigenvalue weighted by Gasteiger charge is 2.31. The van der Waals surface area contributed by atoms with Crippen LogP contribution in [0.5, 0.6) is 0 Å². The third-order valence-electron chi connectivity index (χ3n) is 3.23. The summed E-state index contributed by atoms with van der Waals surface area (Å²) in [6.07, 6.45) is -1.88. The monoisotopic (exact) mass is 338 g/mol. The molecule has 8 heteroatoms. The minimum atomic E-state index is -4.39. The van der Waals surface area contributed by atoms with E-state index >= 15 is 0 Å². The van der Waals surface area contributed by atoms with Crippen LogP contribution in [-0.2, 0) is 6.18 Å². The van der Waals surface area contributed by atoms with Crippen molar-refractivity contribution in [2.75, 3.05) is 5.75 Å². The molecule has 3 aromatic heterocycles. The number of halogens is 3. The van der Waals surface area contributed by atoms with E-state index in [4.69, 9.17) is 0 Å². The van der Waals surface area contributed by atoms with Crippen molar-refractivity contribution in [2.24, 2.45) is 0 Å². The molecule has 0 N–H and O–H groups in total. The van der Waals surface area contributed by atoms with E-state index in [1.165, 1.54) is 28.6 Å². The fraction of sp³-hybridized carbons (Fsp3) is 0.267. The van der Waals surface area contributed by atoms with E-state index in [0.29, 0.717) is 27.8 Å². The molecular weight excluding hydrogens is 325 g/mol. The quantitative estimate of drug-likeness (QED) is 0.670. The number of hydrogen-bond acceptors (Lipinski definition) is 4. The molecule has 0 aliphatic rings. The van der Waals surface area contributed by atoms with Crippen molar-refractivity contribution >= 4 is 17.4 Å².